The van der Waals surface area contributed by atoms with E-state index in [1.165, 1.54) is 6.07 Å². The van der Waals surface area contributed by atoms with Gasteiger partial charge in [0.15, 0.2) is 5.82 Å². The van der Waals surface area contributed by atoms with Crippen LogP contribution in [-0.2, 0) is 17.9 Å². The molecule has 1 aliphatic heterocycles. The Bertz CT molecular complexity index is 785. The minimum Gasteiger partial charge on any atom is -0.333 e. The largest absolute Gasteiger partial charge is 0.333 e. The molecular weight excluding hydrogens is 307 g/mol. The molecule has 4 rings (SSSR count). The van der Waals surface area contributed by atoms with Crippen LogP contribution < -0.4 is 0 Å². The van der Waals surface area contributed by atoms with Crippen LogP contribution >= 0.6 is 0 Å². The molecule has 2 aromatic rings. The highest BCUT2D eigenvalue weighted by atomic mass is 19.1. The number of nitrogens with zero attached hydrogens (tertiary/aromatic N) is 4. The topological polar surface area (TPSA) is 51.0 Å². The number of halogens is 1. The Hall–Kier alpha value is -2.24. The van der Waals surface area contributed by atoms with Crippen molar-refractivity contribution in [2.45, 2.75) is 45.2 Å². The van der Waals surface area contributed by atoms with E-state index < -0.39 is 0 Å². The molecule has 1 aromatic heterocycles. The van der Waals surface area contributed by atoms with Crippen LogP contribution in [0.25, 0.3) is 0 Å². The van der Waals surface area contributed by atoms with E-state index >= 15 is 0 Å². The van der Waals surface area contributed by atoms with E-state index in [0.29, 0.717) is 24.6 Å². The van der Waals surface area contributed by atoms with Crippen LogP contribution in [0.3, 0.4) is 0 Å². The zero-order valence-corrected chi connectivity index (χ0v) is 13.9. The maximum atomic E-state index is 13.9. The maximum absolute atomic E-state index is 13.9. The summed E-state index contributed by atoms with van der Waals surface area (Å²) < 4.78 is 16.0. The minimum atomic E-state index is -0.210. The lowest BCUT2D eigenvalue weighted by Gasteiger charge is -2.28. The molecule has 1 aliphatic carbocycles. The SMILES string of the molecule is CC(C)c1nnc2n1CCN(C(=O)[C@@H]1C[C@H]1c1ccccc1F)C2. The van der Waals surface area contributed by atoms with Crippen molar-refractivity contribution < 1.29 is 9.18 Å². The van der Waals surface area contributed by atoms with Crippen LogP contribution in [0.1, 0.15) is 49.3 Å². The number of aromatic nitrogens is 3. The van der Waals surface area contributed by atoms with Gasteiger partial charge in [-0.1, -0.05) is 32.0 Å². The average molecular weight is 328 g/mol. The van der Waals surface area contributed by atoms with E-state index in [0.717, 1.165) is 24.6 Å². The van der Waals surface area contributed by atoms with Crippen LogP contribution in [0.4, 0.5) is 4.39 Å². The first-order chi connectivity index (χ1) is 11.6. The second-order valence-electron chi connectivity index (χ2n) is 7.01. The minimum absolute atomic E-state index is 0.0183. The molecule has 0 saturated heterocycles. The summed E-state index contributed by atoms with van der Waals surface area (Å²) in [6, 6.07) is 6.76. The highest BCUT2D eigenvalue weighted by molar-refractivity contribution is 5.83. The van der Waals surface area contributed by atoms with Crippen molar-refractivity contribution in [3.8, 4) is 0 Å². The lowest BCUT2D eigenvalue weighted by molar-refractivity contribution is -0.134. The van der Waals surface area contributed by atoms with E-state index in [1.54, 1.807) is 12.1 Å². The molecule has 0 spiro atoms. The van der Waals surface area contributed by atoms with Gasteiger partial charge in [-0.3, -0.25) is 4.79 Å². The van der Waals surface area contributed by atoms with E-state index in [4.69, 9.17) is 0 Å². The fraction of sp³-hybridized carbons (Fsp3) is 0.500. The van der Waals surface area contributed by atoms with Crippen LogP contribution in [0.15, 0.2) is 24.3 Å². The number of benzene rings is 1. The molecule has 6 heteroatoms. The molecule has 1 amide bonds. The Kier molecular flexibility index (Phi) is 3.62. The molecule has 126 valence electrons. The first-order valence-electron chi connectivity index (χ1n) is 8.51. The Morgan fingerprint density at radius 1 is 1.25 bits per heavy atom. The normalized spacial score (nSPS) is 22.6. The zero-order chi connectivity index (χ0) is 16.8. The van der Waals surface area contributed by atoms with Gasteiger partial charge >= 0.3 is 0 Å². The summed E-state index contributed by atoms with van der Waals surface area (Å²) in [5.41, 5.74) is 0.665. The Morgan fingerprint density at radius 3 is 2.79 bits per heavy atom. The van der Waals surface area contributed by atoms with Crippen molar-refractivity contribution in [2.24, 2.45) is 5.92 Å². The monoisotopic (exact) mass is 328 g/mol. The average Bonchev–Trinajstić information content (AvgIpc) is 3.24. The molecule has 2 aliphatic rings. The second-order valence-corrected chi connectivity index (χ2v) is 7.01. The number of hydrogen-bond donors (Lipinski definition) is 0. The lowest BCUT2D eigenvalue weighted by atomic mass is 10.1. The highest BCUT2D eigenvalue weighted by Gasteiger charge is 2.47. The molecule has 0 unspecified atom stereocenters. The molecule has 24 heavy (non-hydrogen) atoms. The number of amides is 1. The number of rotatable bonds is 3. The molecule has 5 nitrogen and oxygen atoms in total. The number of carbonyl (C=O) groups is 1. The van der Waals surface area contributed by atoms with Gasteiger partial charge in [-0.05, 0) is 24.0 Å². The van der Waals surface area contributed by atoms with Crippen LogP contribution in [0, 0.1) is 11.7 Å². The smallest absolute Gasteiger partial charge is 0.226 e. The summed E-state index contributed by atoms with van der Waals surface area (Å²) in [6.07, 6.45) is 0.736. The molecule has 1 fully saturated rings. The predicted molar refractivity (Wildman–Crippen MR) is 86.8 cm³/mol. The van der Waals surface area contributed by atoms with Crippen LogP contribution in [-0.4, -0.2) is 32.1 Å². The molecular formula is C18H21FN4O. The van der Waals surface area contributed by atoms with Crippen molar-refractivity contribution in [3.63, 3.8) is 0 Å². The molecule has 1 aromatic carbocycles. The molecule has 0 radical (unpaired) electrons. The summed E-state index contributed by atoms with van der Waals surface area (Å²) in [7, 11) is 0. The van der Waals surface area contributed by atoms with Gasteiger partial charge in [0.1, 0.15) is 11.6 Å². The van der Waals surface area contributed by atoms with Crippen LogP contribution in [0.2, 0.25) is 0 Å². The van der Waals surface area contributed by atoms with Crippen molar-refractivity contribution in [2.75, 3.05) is 6.54 Å². The molecule has 0 N–H and O–H groups in total. The van der Waals surface area contributed by atoms with E-state index in [1.807, 2.05) is 11.0 Å². The van der Waals surface area contributed by atoms with Gasteiger partial charge in [-0.25, -0.2) is 4.39 Å². The highest BCUT2D eigenvalue weighted by Crippen LogP contribution is 2.49. The molecule has 0 bridgehead atoms. The van der Waals surface area contributed by atoms with Gasteiger partial charge in [0.25, 0.3) is 0 Å². The Balaban J connectivity index is 1.46. The van der Waals surface area contributed by atoms with Crippen molar-refractivity contribution in [1.29, 1.82) is 0 Å². The fourth-order valence-corrected chi connectivity index (χ4v) is 3.62. The van der Waals surface area contributed by atoms with Crippen molar-refractivity contribution in [3.05, 3.63) is 47.3 Å². The number of fused-ring (bicyclic) bond motifs is 1. The van der Waals surface area contributed by atoms with E-state index in [2.05, 4.69) is 28.6 Å². The molecule has 2 heterocycles. The summed E-state index contributed by atoms with van der Waals surface area (Å²) >= 11 is 0. The lowest BCUT2D eigenvalue weighted by Crippen LogP contribution is -2.39. The first kappa shape index (κ1) is 15.3. The first-order valence-corrected chi connectivity index (χ1v) is 8.51. The zero-order valence-electron chi connectivity index (χ0n) is 13.9. The standard InChI is InChI=1S/C18H21FN4O/c1-11(2)17-21-20-16-10-22(7-8-23(16)17)18(24)14-9-13(14)12-5-3-4-6-15(12)19/h3-6,11,13-14H,7-10H2,1-2H3/t13-,14+/m0/s1. The molecule has 1 saturated carbocycles. The third-order valence-corrected chi connectivity index (χ3v) is 5.02. The quantitative estimate of drug-likeness (QED) is 0.870. The summed E-state index contributed by atoms with van der Waals surface area (Å²) in [5.74, 6) is 1.98. The van der Waals surface area contributed by atoms with Crippen molar-refractivity contribution >= 4 is 5.91 Å². The second kappa shape index (κ2) is 5.69. The van der Waals surface area contributed by atoms with Gasteiger partial charge in [-0.15, -0.1) is 10.2 Å². The van der Waals surface area contributed by atoms with Crippen molar-refractivity contribution in [1.82, 2.24) is 19.7 Å². The van der Waals surface area contributed by atoms with E-state index in [9.17, 15) is 9.18 Å². The van der Waals surface area contributed by atoms with Gasteiger partial charge in [0.05, 0.1) is 6.54 Å². The third-order valence-electron chi connectivity index (χ3n) is 5.02. The summed E-state index contributed by atoms with van der Waals surface area (Å²) in [5, 5.41) is 8.49. The fourth-order valence-electron chi connectivity index (χ4n) is 3.62. The Labute approximate surface area is 140 Å². The molecule has 2 atom stereocenters. The van der Waals surface area contributed by atoms with Gasteiger partial charge in [-0.2, -0.15) is 0 Å². The van der Waals surface area contributed by atoms with Gasteiger partial charge < -0.3 is 9.47 Å². The summed E-state index contributed by atoms with van der Waals surface area (Å²) in [6.45, 7) is 6.10. The number of hydrogen-bond acceptors (Lipinski definition) is 3. The third kappa shape index (κ3) is 2.50. The van der Waals surface area contributed by atoms with E-state index in [-0.39, 0.29) is 23.6 Å². The van der Waals surface area contributed by atoms with Gasteiger partial charge in [0.2, 0.25) is 5.91 Å². The predicted octanol–water partition coefficient (Wildman–Crippen LogP) is 2.69. The van der Waals surface area contributed by atoms with Crippen LogP contribution in [0.5, 0.6) is 0 Å². The van der Waals surface area contributed by atoms with Gasteiger partial charge in [0, 0.05) is 24.9 Å². The summed E-state index contributed by atoms with van der Waals surface area (Å²) in [4.78, 5) is 14.6. The Morgan fingerprint density at radius 2 is 2.04 bits per heavy atom. The number of carbonyl (C=O) groups excluding carboxylic acids is 1. The maximum Gasteiger partial charge on any atom is 0.226 e.